The van der Waals surface area contributed by atoms with Crippen LogP contribution in [0.1, 0.15) is 35.3 Å². The highest BCUT2D eigenvalue weighted by Gasteiger charge is 2.37. The van der Waals surface area contributed by atoms with Crippen molar-refractivity contribution >= 4 is 51.7 Å². The zero-order valence-corrected chi connectivity index (χ0v) is 22.6. The lowest BCUT2D eigenvalue weighted by Gasteiger charge is -2.41. The second-order valence-corrected chi connectivity index (χ2v) is 10.4. The van der Waals surface area contributed by atoms with E-state index >= 15 is 0 Å². The van der Waals surface area contributed by atoms with Crippen LogP contribution in [-0.4, -0.2) is 41.3 Å². The lowest BCUT2D eigenvalue weighted by atomic mass is 9.93. The van der Waals surface area contributed by atoms with Crippen molar-refractivity contribution in [3.8, 4) is 5.75 Å². The number of carbonyl (C=O) groups is 2. The maximum atomic E-state index is 13.8. The number of halogens is 1. The van der Waals surface area contributed by atoms with Gasteiger partial charge in [-0.05, 0) is 61.4 Å². The van der Waals surface area contributed by atoms with E-state index in [4.69, 9.17) is 21.3 Å². The molecule has 5 rings (SSSR count). The number of carbonyl (C=O) groups excluding carboxylic acids is 2. The first kappa shape index (κ1) is 25.9. The normalized spacial score (nSPS) is 16.9. The molecule has 1 atom stereocenters. The number of benzene rings is 3. The maximum absolute atomic E-state index is 13.8. The van der Waals surface area contributed by atoms with Gasteiger partial charge >= 0.3 is 0 Å². The summed E-state index contributed by atoms with van der Waals surface area (Å²) in [6, 6.07) is 21.4. The molecule has 1 fully saturated rings. The molecule has 0 bridgehead atoms. The first-order chi connectivity index (χ1) is 18.4. The second-order valence-electron chi connectivity index (χ2n) is 8.94. The topological polar surface area (TPSA) is 83.0 Å². The summed E-state index contributed by atoms with van der Waals surface area (Å²) in [7, 11) is 1.57. The van der Waals surface area contributed by atoms with Gasteiger partial charge in [-0.25, -0.2) is 4.99 Å². The molecule has 7 nitrogen and oxygen atoms in total. The molecule has 0 aromatic heterocycles. The fraction of sp³-hybridized carbons (Fsp3) is 0.207. The van der Waals surface area contributed by atoms with Crippen LogP contribution in [0.3, 0.4) is 0 Å². The molecule has 0 radical (unpaired) electrons. The SMILES string of the molecule is COc1ccccc1NC(=O)C1=C(C)N=C2SCCCN2C1c1cccc(NC(=O)c2cccc(Cl)c2)c1. The van der Waals surface area contributed by atoms with E-state index in [-0.39, 0.29) is 17.9 Å². The number of allylic oxidation sites excluding steroid dienone is 1. The highest BCUT2D eigenvalue weighted by Crippen LogP contribution is 2.40. The number of rotatable bonds is 6. The number of methoxy groups -OCH3 is 1. The Kier molecular flexibility index (Phi) is 7.72. The van der Waals surface area contributed by atoms with Crippen molar-refractivity contribution in [1.29, 1.82) is 0 Å². The Bertz CT molecular complexity index is 1450. The molecular formula is C29H27ClN4O3S. The van der Waals surface area contributed by atoms with Crippen molar-refractivity contribution in [1.82, 2.24) is 4.90 Å². The van der Waals surface area contributed by atoms with E-state index in [1.54, 1.807) is 49.2 Å². The van der Waals surface area contributed by atoms with Crippen molar-refractivity contribution in [3.63, 3.8) is 0 Å². The molecule has 2 heterocycles. The molecule has 2 aliphatic heterocycles. The predicted octanol–water partition coefficient (Wildman–Crippen LogP) is 6.36. The van der Waals surface area contributed by atoms with Gasteiger partial charge < -0.3 is 20.3 Å². The Hall–Kier alpha value is -3.75. The first-order valence-corrected chi connectivity index (χ1v) is 13.6. The van der Waals surface area contributed by atoms with Gasteiger partial charge in [-0.3, -0.25) is 9.59 Å². The number of amides is 2. The van der Waals surface area contributed by atoms with Crippen molar-refractivity contribution in [2.24, 2.45) is 4.99 Å². The van der Waals surface area contributed by atoms with Gasteiger partial charge in [0.1, 0.15) is 5.75 Å². The third-order valence-corrected chi connectivity index (χ3v) is 7.72. The number of para-hydroxylation sites is 2. The van der Waals surface area contributed by atoms with Crippen LogP contribution in [-0.2, 0) is 4.79 Å². The third-order valence-electron chi connectivity index (χ3n) is 6.41. The van der Waals surface area contributed by atoms with E-state index < -0.39 is 0 Å². The number of anilines is 2. The number of nitrogens with one attached hydrogen (secondary N) is 2. The molecule has 9 heteroatoms. The standard InChI is InChI=1S/C29H27ClN4O3S/c1-18-25(28(36)33-23-12-3-4-13-24(23)37-2)26(34-14-7-15-38-29(34)31-18)19-8-6-11-22(17-19)32-27(35)20-9-5-10-21(30)16-20/h3-6,8-13,16-17,26H,7,14-15H2,1-2H3,(H,32,35)(H,33,36). The van der Waals surface area contributed by atoms with E-state index in [1.165, 1.54) is 0 Å². The Morgan fingerprint density at radius 2 is 1.84 bits per heavy atom. The molecule has 0 aliphatic carbocycles. The molecule has 3 aromatic carbocycles. The van der Waals surface area contributed by atoms with Gasteiger partial charge in [-0.1, -0.05) is 53.7 Å². The Labute approximate surface area is 230 Å². The first-order valence-electron chi connectivity index (χ1n) is 12.2. The largest absolute Gasteiger partial charge is 0.495 e. The summed E-state index contributed by atoms with van der Waals surface area (Å²) in [5.74, 6) is 1.05. The summed E-state index contributed by atoms with van der Waals surface area (Å²) in [5, 5.41) is 7.38. The molecule has 3 aromatic rings. The highest BCUT2D eigenvalue weighted by molar-refractivity contribution is 8.13. The van der Waals surface area contributed by atoms with Crippen LogP contribution < -0.4 is 15.4 Å². The van der Waals surface area contributed by atoms with E-state index in [1.807, 2.05) is 49.4 Å². The number of ether oxygens (including phenoxy) is 1. The molecule has 1 saturated heterocycles. The van der Waals surface area contributed by atoms with Crippen LogP contribution in [0.15, 0.2) is 89.1 Å². The predicted molar refractivity (Wildman–Crippen MR) is 154 cm³/mol. The van der Waals surface area contributed by atoms with Crippen LogP contribution in [0.25, 0.3) is 0 Å². The van der Waals surface area contributed by atoms with Gasteiger partial charge in [0.05, 0.1) is 30.1 Å². The molecule has 1 unspecified atom stereocenters. The molecular weight excluding hydrogens is 520 g/mol. The molecule has 2 amide bonds. The monoisotopic (exact) mass is 546 g/mol. The van der Waals surface area contributed by atoms with Gasteiger partial charge in [-0.15, -0.1) is 0 Å². The van der Waals surface area contributed by atoms with Crippen LogP contribution in [0, 0.1) is 0 Å². The molecule has 2 N–H and O–H groups in total. The number of aliphatic imine (C=N–C) groups is 1. The number of hydrogen-bond acceptors (Lipinski definition) is 6. The number of hydrogen-bond donors (Lipinski definition) is 2. The van der Waals surface area contributed by atoms with Crippen molar-refractivity contribution in [2.45, 2.75) is 19.4 Å². The van der Waals surface area contributed by atoms with Crippen LogP contribution in [0.5, 0.6) is 5.75 Å². The summed E-state index contributed by atoms with van der Waals surface area (Å²) >= 11 is 7.76. The zero-order chi connectivity index (χ0) is 26.6. The summed E-state index contributed by atoms with van der Waals surface area (Å²) in [5.41, 5.74) is 3.79. The van der Waals surface area contributed by atoms with E-state index in [0.717, 1.165) is 29.4 Å². The summed E-state index contributed by atoms with van der Waals surface area (Å²) in [6.45, 7) is 2.64. The van der Waals surface area contributed by atoms with Crippen molar-refractivity contribution < 1.29 is 14.3 Å². The van der Waals surface area contributed by atoms with Gasteiger partial charge in [0, 0.05) is 28.6 Å². The average molecular weight is 547 g/mol. The lowest BCUT2D eigenvalue weighted by Crippen LogP contribution is -2.43. The minimum absolute atomic E-state index is 0.247. The Morgan fingerprint density at radius 1 is 1.03 bits per heavy atom. The van der Waals surface area contributed by atoms with Gasteiger partial charge in [0.2, 0.25) is 0 Å². The third kappa shape index (κ3) is 5.42. The molecule has 0 spiro atoms. The van der Waals surface area contributed by atoms with E-state index in [0.29, 0.717) is 39.0 Å². The van der Waals surface area contributed by atoms with Crippen LogP contribution in [0.2, 0.25) is 5.02 Å². The Balaban J connectivity index is 1.49. The van der Waals surface area contributed by atoms with Crippen LogP contribution >= 0.6 is 23.4 Å². The van der Waals surface area contributed by atoms with Gasteiger partial charge in [0.25, 0.3) is 11.8 Å². The number of amidine groups is 1. The number of thioether (sulfide) groups is 1. The van der Waals surface area contributed by atoms with Crippen molar-refractivity contribution in [2.75, 3.05) is 30.0 Å². The smallest absolute Gasteiger partial charge is 0.255 e. The number of nitrogens with zero attached hydrogens (tertiary/aromatic N) is 2. The zero-order valence-electron chi connectivity index (χ0n) is 21.0. The molecule has 0 saturated carbocycles. The fourth-order valence-corrected chi connectivity index (χ4v) is 5.87. The second kappa shape index (κ2) is 11.3. The lowest BCUT2D eigenvalue weighted by molar-refractivity contribution is -0.113. The summed E-state index contributed by atoms with van der Waals surface area (Å²) in [4.78, 5) is 33.6. The van der Waals surface area contributed by atoms with E-state index in [9.17, 15) is 9.59 Å². The van der Waals surface area contributed by atoms with Gasteiger partial charge in [-0.2, -0.15) is 0 Å². The average Bonchev–Trinajstić information content (AvgIpc) is 2.92. The number of fused-ring (bicyclic) bond motifs is 1. The molecule has 38 heavy (non-hydrogen) atoms. The molecule has 2 aliphatic rings. The highest BCUT2D eigenvalue weighted by atomic mass is 35.5. The summed E-state index contributed by atoms with van der Waals surface area (Å²) in [6.07, 6.45) is 0.978. The quantitative estimate of drug-likeness (QED) is 0.376. The fourth-order valence-electron chi connectivity index (χ4n) is 4.66. The Morgan fingerprint density at radius 3 is 2.66 bits per heavy atom. The molecule has 194 valence electrons. The maximum Gasteiger partial charge on any atom is 0.255 e. The minimum atomic E-state index is -0.368. The van der Waals surface area contributed by atoms with Crippen molar-refractivity contribution in [3.05, 3.63) is 100 Å². The minimum Gasteiger partial charge on any atom is -0.495 e. The van der Waals surface area contributed by atoms with E-state index in [2.05, 4.69) is 15.5 Å². The van der Waals surface area contributed by atoms with Gasteiger partial charge in [0.15, 0.2) is 5.17 Å². The summed E-state index contributed by atoms with van der Waals surface area (Å²) < 4.78 is 5.43. The van der Waals surface area contributed by atoms with Crippen LogP contribution in [0.4, 0.5) is 11.4 Å².